The summed E-state index contributed by atoms with van der Waals surface area (Å²) >= 11 is 0. The first-order valence-corrected chi connectivity index (χ1v) is 11.9. The molecule has 2 amide bonds. The number of unbranched alkanes of at least 4 members (excludes halogenated alkanes) is 1. The third kappa shape index (κ3) is 3.88. The summed E-state index contributed by atoms with van der Waals surface area (Å²) in [4.78, 5) is 43.9. The number of allylic oxidation sites excluding steroid dienone is 1. The summed E-state index contributed by atoms with van der Waals surface area (Å²) in [6.45, 7) is 3.60. The van der Waals surface area contributed by atoms with Gasteiger partial charge in [-0.25, -0.2) is 0 Å². The number of likely N-dealkylation sites (tertiary alicyclic amines) is 1. The first kappa shape index (κ1) is 23.0. The van der Waals surface area contributed by atoms with Crippen molar-refractivity contribution < 1.29 is 29.0 Å². The molecular formula is C24H34N2O6. The van der Waals surface area contributed by atoms with Gasteiger partial charge in [0.25, 0.3) is 0 Å². The topological polar surface area (TPSA) is 96.4 Å². The average molecular weight is 447 g/mol. The number of nitrogens with zero attached hydrogens (tertiary/aromatic N) is 2. The number of aliphatic hydroxyl groups is 1. The molecule has 4 aliphatic rings. The van der Waals surface area contributed by atoms with E-state index in [4.69, 9.17) is 9.47 Å². The summed E-state index contributed by atoms with van der Waals surface area (Å²) in [5.74, 6) is -2.48. The summed E-state index contributed by atoms with van der Waals surface area (Å²) in [7, 11) is 0. The maximum absolute atomic E-state index is 13.7. The second-order valence-corrected chi connectivity index (χ2v) is 9.08. The van der Waals surface area contributed by atoms with Gasteiger partial charge < -0.3 is 24.4 Å². The summed E-state index contributed by atoms with van der Waals surface area (Å²) < 4.78 is 12.1. The molecule has 1 unspecified atom stereocenters. The van der Waals surface area contributed by atoms with Gasteiger partial charge in [-0.1, -0.05) is 37.6 Å². The monoisotopic (exact) mass is 446 g/mol. The molecule has 2 fully saturated rings. The summed E-state index contributed by atoms with van der Waals surface area (Å²) in [6, 6.07) is -0.846. The summed E-state index contributed by atoms with van der Waals surface area (Å²) in [6.07, 6.45) is 11.7. The van der Waals surface area contributed by atoms with Crippen LogP contribution in [-0.2, 0) is 23.9 Å². The molecule has 8 heteroatoms. The molecular weight excluding hydrogens is 412 g/mol. The van der Waals surface area contributed by atoms with Crippen molar-refractivity contribution >= 4 is 17.8 Å². The van der Waals surface area contributed by atoms with E-state index in [1.54, 1.807) is 4.90 Å². The van der Waals surface area contributed by atoms with E-state index in [1.165, 1.54) is 4.90 Å². The minimum absolute atomic E-state index is 0.0879. The van der Waals surface area contributed by atoms with Crippen LogP contribution in [0.2, 0.25) is 0 Å². The Morgan fingerprint density at radius 3 is 2.75 bits per heavy atom. The number of hydrogen-bond donors (Lipinski definition) is 1. The van der Waals surface area contributed by atoms with Crippen LogP contribution < -0.4 is 0 Å². The quantitative estimate of drug-likeness (QED) is 0.490. The molecule has 0 aromatic rings. The normalized spacial score (nSPS) is 35.8. The number of fused-ring (bicyclic) bond motifs is 2. The molecule has 0 bridgehead atoms. The van der Waals surface area contributed by atoms with Crippen LogP contribution in [0.5, 0.6) is 0 Å². The fourth-order valence-corrected chi connectivity index (χ4v) is 5.49. The standard InChI is InChI=1S/C24H34N2O6/c1-2-3-12-25-13-8-11-24-19(21(28)26(14-9-15-27)20(24)22(25)29)18-17(32-24)10-6-4-5-7-16-31-23(18)30/h6,8,10-11,17-20,27H,2-5,7,9,12-16H2,1H3/b10-6-/t17-,18+,19-,20?,24-/m0/s1. The smallest absolute Gasteiger partial charge is 0.312 e. The Balaban J connectivity index is 1.76. The Labute approximate surface area is 189 Å². The number of carbonyl (C=O) groups is 3. The van der Waals surface area contributed by atoms with Crippen LogP contribution in [-0.4, -0.2) is 83.3 Å². The number of carbonyl (C=O) groups excluding carboxylic acids is 3. The van der Waals surface area contributed by atoms with E-state index in [0.717, 1.165) is 32.1 Å². The van der Waals surface area contributed by atoms with Crippen molar-refractivity contribution in [2.75, 3.05) is 32.8 Å². The van der Waals surface area contributed by atoms with Gasteiger partial charge in [-0.3, -0.25) is 14.4 Å². The molecule has 4 aliphatic heterocycles. The van der Waals surface area contributed by atoms with Crippen LogP contribution in [0.4, 0.5) is 0 Å². The predicted octanol–water partition coefficient (Wildman–Crippen LogP) is 1.43. The third-order valence-electron chi connectivity index (χ3n) is 7.02. The molecule has 8 nitrogen and oxygen atoms in total. The van der Waals surface area contributed by atoms with E-state index >= 15 is 0 Å². The molecule has 0 aliphatic carbocycles. The van der Waals surface area contributed by atoms with Gasteiger partial charge in [-0.05, 0) is 32.1 Å². The van der Waals surface area contributed by atoms with Gasteiger partial charge in [0.15, 0.2) is 0 Å². The number of rotatable bonds is 6. The zero-order valence-corrected chi connectivity index (χ0v) is 18.8. The van der Waals surface area contributed by atoms with Crippen LogP contribution in [0.15, 0.2) is 24.3 Å². The molecule has 32 heavy (non-hydrogen) atoms. The van der Waals surface area contributed by atoms with Crippen LogP contribution in [0.1, 0.15) is 45.4 Å². The highest BCUT2D eigenvalue weighted by molar-refractivity contribution is 5.99. The van der Waals surface area contributed by atoms with Crippen molar-refractivity contribution in [3.63, 3.8) is 0 Å². The fraction of sp³-hybridized carbons (Fsp3) is 0.708. The van der Waals surface area contributed by atoms with Crippen molar-refractivity contribution in [3.8, 4) is 0 Å². The lowest BCUT2D eigenvalue weighted by molar-refractivity contribution is -0.155. The van der Waals surface area contributed by atoms with E-state index in [9.17, 15) is 19.5 Å². The van der Waals surface area contributed by atoms with Gasteiger partial charge in [-0.15, -0.1) is 0 Å². The van der Waals surface area contributed by atoms with Gasteiger partial charge in [0.05, 0.1) is 18.6 Å². The zero-order chi connectivity index (χ0) is 22.7. The van der Waals surface area contributed by atoms with Gasteiger partial charge >= 0.3 is 5.97 Å². The van der Waals surface area contributed by atoms with Crippen molar-refractivity contribution in [2.45, 2.75) is 63.2 Å². The van der Waals surface area contributed by atoms with E-state index in [2.05, 4.69) is 6.92 Å². The molecule has 4 heterocycles. The van der Waals surface area contributed by atoms with Crippen LogP contribution in [0.25, 0.3) is 0 Å². The number of hydrogen-bond acceptors (Lipinski definition) is 6. The highest BCUT2D eigenvalue weighted by Crippen LogP contribution is 2.53. The maximum atomic E-state index is 13.7. The first-order valence-electron chi connectivity index (χ1n) is 11.9. The second kappa shape index (κ2) is 9.75. The number of ether oxygens (including phenoxy) is 2. The molecule has 0 aromatic carbocycles. The number of aliphatic hydroxyl groups excluding tert-OH is 1. The Morgan fingerprint density at radius 2 is 1.97 bits per heavy atom. The first-order chi connectivity index (χ1) is 15.5. The average Bonchev–Trinajstić information content (AvgIpc) is 3.17. The lowest BCUT2D eigenvalue weighted by atomic mass is 9.78. The lowest BCUT2D eigenvalue weighted by Gasteiger charge is -2.35. The molecule has 2 saturated heterocycles. The Morgan fingerprint density at radius 1 is 1.12 bits per heavy atom. The summed E-state index contributed by atoms with van der Waals surface area (Å²) in [5, 5.41) is 9.39. The molecule has 1 spiro atoms. The number of amides is 2. The van der Waals surface area contributed by atoms with E-state index in [-0.39, 0.29) is 25.0 Å². The molecule has 0 aromatic heterocycles. The van der Waals surface area contributed by atoms with Crippen molar-refractivity contribution in [2.24, 2.45) is 11.8 Å². The largest absolute Gasteiger partial charge is 0.465 e. The van der Waals surface area contributed by atoms with Crippen molar-refractivity contribution in [3.05, 3.63) is 24.3 Å². The van der Waals surface area contributed by atoms with E-state index in [0.29, 0.717) is 26.1 Å². The fourth-order valence-electron chi connectivity index (χ4n) is 5.49. The molecule has 1 N–H and O–H groups in total. The van der Waals surface area contributed by atoms with Gasteiger partial charge in [0, 0.05) is 26.2 Å². The second-order valence-electron chi connectivity index (χ2n) is 9.08. The highest BCUT2D eigenvalue weighted by Gasteiger charge is 2.71. The zero-order valence-electron chi connectivity index (χ0n) is 18.8. The Hall–Kier alpha value is -2.19. The van der Waals surface area contributed by atoms with Gasteiger partial charge in [-0.2, -0.15) is 0 Å². The van der Waals surface area contributed by atoms with Gasteiger partial charge in [0.1, 0.15) is 17.6 Å². The van der Waals surface area contributed by atoms with Crippen molar-refractivity contribution in [1.82, 2.24) is 9.80 Å². The van der Waals surface area contributed by atoms with Crippen molar-refractivity contribution in [1.29, 1.82) is 0 Å². The maximum Gasteiger partial charge on any atom is 0.312 e. The van der Waals surface area contributed by atoms with E-state index in [1.807, 2.05) is 24.3 Å². The number of cyclic esters (lactones) is 1. The van der Waals surface area contributed by atoms with E-state index < -0.39 is 35.6 Å². The Kier molecular flexibility index (Phi) is 7.00. The molecule has 0 saturated carbocycles. The highest BCUT2D eigenvalue weighted by atomic mass is 16.6. The third-order valence-corrected chi connectivity index (χ3v) is 7.02. The van der Waals surface area contributed by atoms with Gasteiger partial charge in [0.2, 0.25) is 11.8 Å². The number of esters is 1. The lowest BCUT2D eigenvalue weighted by Crippen LogP contribution is -2.55. The minimum atomic E-state index is -1.21. The SMILES string of the molecule is CCCCN1CC=C[C@]23O[C@H]4/C=C\CCCCOC(=O)[C@H]4[C@H]2C(=O)N(CCCO)C3C1=O. The minimum Gasteiger partial charge on any atom is -0.465 e. The summed E-state index contributed by atoms with van der Waals surface area (Å²) in [5.41, 5.74) is -1.21. The van der Waals surface area contributed by atoms with Crippen LogP contribution >= 0.6 is 0 Å². The molecule has 5 atom stereocenters. The van der Waals surface area contributed by atoms with Crippen LogP contribution in [0, 0.1) is 11.8 Å². The molecule has 4 rings (SSSR count). The van der Waals surface area contributed by atoms with Crippen LogP contribution in [0.3, 0.4) is 0 Å². The molecule has 0 radical (unpaired) electrons. The molecule has 176 valence electrons. The Bertz CT molecular complexity index is 795. The predicted molar refractivity (Wildman–Crippen MR) is 116 cm³/mol.